The van der Waals surface area contributed by atoms with Crippen molar-refractivity contribution >= 4 is 23.3 Å². The average Bonchev–Trinajstić information content (AvgIpc) is 2.35. The van der Waals surface area contributed by atoms with Gasteiger partial charge in [0.2, 0.25) is 0 Å². The van der Waals surface area contributed by atoms with Crippen LogP contribution in [0.3, 0.4) is 0 Å². The van der Waals surface area contributed by atoms with E-state index in [1.807, 2.05) is 18.2 Å². The summed E-state index contributed by atoms with van der Waals surface area (Å²) < 4.78 is 5.19. The molecule has 80 valence electrons. The summed E-state index contributed by atoms with van der Waals surface area (Å²) in [6.45, 7) is 0. The molecular formula is C11H9N3OS. The molecule has 0 saturated carbocycles. The Hall–Kier alpha value is -1.75. The Morgan fingerprint density at radius 1 is 1.25 bits per heavy atom. The molecule has 5 heteroatoms. The zero-order valence-electron chi connectivity index (χ0n) is 8.60. The number of rotatable bonds is 1. The van der Waals surface area contributed by atoms with Crippen molar-refractivity contribution in [1.82, 2.24) is 9.97 Å². The number of anilines is 2. The standard InChI is InChI=1S/C11H9N3OS/c1-15-7-2-3-8-9(6-7)16-11-10(14-8)12-4-5-13-11/h2-6H,1H3,(H,12,14). The minimum atomic E-state index is 0.810. The smallest absolute Gasteiger partial charge is 0.163 e. The molecule has 0 bridgehead atoms. The van der Waals surface area contributed by atoms with Crippen molar-refractivity contribution < 1.29 is 4.74 Å². The first-order valence-corrected chi connectivity index (χ1v) is 5.62. The van der Waals surface area contributed by atoms with Crippen molar-refractivity contribution in [1.29, 1.82) is 0 Å². The van der Waals surface area contributed by atoms with Gasteiger partial charge in [0.25, 0.3) is 0 Å². The molecule has 1 aliphatic rings. The monoisotopic (exact) mass is 231 g/mol. The predicted molar refractivity (Wildman–Crippen MR) is 62.4 cm³/mol. The van der Waals surface area contributed by atoms with E-state index < -0.39 is 0 Å². The third-order valence-corrected chi connectivity index (χ3v) is 3.36. The SMILES string of the molecule is COc1ccc2c(c1)Sc1nccnc1N2. The quantitative estimate of drug-likeness (QED) is 0.697. The summed E-state index contributed by atoms with van der Waals surface area (Å²) in [5, 5.41) is 4.13. The zero-order valence-corrected chi connectivity index (χ0v) is 9.41. The summed E-state index contributed by atoms with van der Waals surface area (Å²) in [6, 6.07) is 5.90. The van der Waals surface area contributed by atoms with Crippen LogP contribution in [0.25, 0.3) is 0 Å². The van der Waals surface area contributed by atoms with E-state index in [0.717, 1.165) is 27.2 Å². The number of aromatic nitrogens is 2. The molecule has 2 aromatic rings. The lowest BCUT2D eigenvalue weighted by Gasteiger charge is -2.18. The van der Waals surface area contributed by atoms with E-state index in [9.17, 15) is 0 Å². The fourth-order valence-corrected chi connectivity index (χ4v) is 2.46. The Kier molecular flexibility index (Phi) is 2.18. The molecule has 1 N–H and O–H groups in total. The fourth-order valence-electron chi connectivity index (χ4n) is 1.53. The molecule has 3 rings (SSSR count). The summed E-state index contributed by atoms with van der Waals surface area (Å²) in [6.07, 6.45) is 3.37. The van der Waals surface area contributed by atoms with Gasteiger partial charge in [-0.15, -0.1) is 0 Å². The maximum atomic E-state index is 5.19. The van der Waals surface area contributed by atoms with Gasteiger partial charge in [-0.2, -0.15) is 0 Å². The molecule has 0 fully saturated rings. The van der Waals surface area contributed by atoms with Gasteiger partial charge in [0, 0.05) is 17.3 Å². The molecule has 4 nitrogen and oxygen atoms in total. The van der Waals surface area contributed by atoms with E-state index >= 15 is 0 Å². The summed E-state index contributed by atoms with van der Waals surface area (Å²) >= 11 is 1.60. The van der Waals surface area contributed by atoms with E-state index in [4.69, 9.17) is 4.74 Å². The summed E-state index contributed by atoms with van der Waals surface area (Å²) in [7, 11) is 1.66. The maximum Gasteiger partial charge on any atom is 0.163 e. The lowest BCUT2D eigenvalue weighted by Crippen LogP contribution is -2.03. The molecule has 0 spiro atoms. The van der Waals surface area contributed by atoms with E-state index in [-0.39, 0.29) is 0 Å². The Morgan fingerprint density at radius 3 is 3.00 bits per heavy atom. The summed E-state index contributed by atoms with van der Waals surface area (Å²) in [5.41, 5.74) is 1.04. The Labute approximate surface area is 97.1 Å². The van der Waals surface area contributed by atoms with Gasteiger partial charge in [0.15, 0.2) is 5.82 Å². The number of methoxy groups -OCH3 is 1. The van der Waals surface area contributed by atoms with Gasteiger partial charge in [-0.3, -0.25) is 0 Å². The van der Waals surface area contributed by atoms with Crippen LogP contribution in [0.2, 0.25) is 0 Å². The molecule has 16 heavy (non-hydrogen) atoms. The Balaban J connectivity index is 2.05. The van der Waals surface area contributed by atoms with E-state index in [1.54, 1.807) is 31.3 Å². The van der Waals surface area contributed by atoms with Gasteiger partial charge >= 0.3 is 0 Å². The number of nitrogens with zero attached hydrogens (tertiary/aromatic N) is 2. The topological polar surface area (TPSA) is 47.0 Å². The van der Waals surface area contributed by atoms with Crippen molar-refractivity contribution in [3.05, 3.63) is 30.6 Å². The van der Waals surface area contributed by atoms with Crippen molar-refractivity contribution in [2.75, 3.05) is 12.4 Å². The molecule has 2 heterocycles. The molecule has 0 atom stereocenters. The van der Waals surface area contributed by atoms with Crippen LogP contribution in [0.15, 0.2) is 40.5 Å². The van der Waals surface area contributed by atoms with Gasteiger partial charge in [-0.25, -0.2) is 9.97 Å². The van der Waals surface area contributed by atoms with Gasteiger partial charge in [-0.1, -0.05) is 11.8 Å². The lowest BCUT2D eigenvalue weighted by molar-refractivity contribution is 0.414. The molecular weight excluding hydrogens is 222 g/mol. The van der Waals surface area contributed by atoms with E-state index in [1.165, 1.54) is 0 Å². The third-order valence-electron chi connectivity index (χ3n) is 2.31. The van der Waals surface area contributed by atoms with Crippen LogP contribution in [0.1, 0.15) is 0 Å². The highest BCUT2D eigenvalue weighted by molar-refractivity contribution is 7.99. The Morgan fingerprint density at radius 2 is 2.12 bits per heavy atom. The second kappa shape index (κ2) is 3.68. The number of nitrogens with one attached hydrogen (secondary N) is 1. The van der Waals surface area contributed by atoms with Crippen molar-refractivity contribution in [2.24, 2.45) is 0 Å². The summed E-state index contributed by atoms with van der Waals surface area (Å²) in [4.78, 5) is 9.61. The van der Waals surface area contributed by atoms with Gasteiger partial charge in [0.05, 0.1) is 12.8 Å². The van der Waals surface area contributed by atoms with E-state index in [0.29, 0.717) is 0 Å². The van der Waals surface area contributed by atoms with Gasteiger partial charge < -0.3 is 10.1 Å². The lowest BCUT2D eigenvalue weighted by atomic mass is 10.3. The highest BCUT2D eigenvalue weighted by atomic mass is 32.2. The third kappa shape index (κ3) is 1.49. The minimum Gasteiger partial charge on any atom is -0.497 e. The fraction of sp³-hybridized carbons (Fsp3) is 0.0909. The van der Waals surface area contributed by atoms with Crippen molar-refractivity contribution in [3.63, 3.8) is 0 Å². The highest BCUT2D eigenvalue weighted by Crippen LogP contribution is 2.42. The minimum absolute atomic E-state index is 0.810. The highest BCUT2D eigenvalue weighted by Gasteiger charge is 2.17. The van der Waals surface area contributed by atoms with Gasteiger partial charge in [-0.05, 0) is 18.2 Å². The summed E-state index contributed by atoms with van der Waals surface area (Å²) in [5.74, 6) is 1.66. The number of hydrogen-bond acceptors (Lipinski definition) is 5. The molecule has 0 unspecified atom stereocenters. The normalized spacial score (nSPS) is 12.3. The number of fused-ring (bicyclic) bond motifs is 2. The Bertz CT molecular complexity index is 545. The number of hydrogen-bond donors (Lipinski definition) is 1. The van der Waals surface area contributed by atoms with Crippen molar-refractivity contribution in [3.8, 4) is 5.75 Å². The van der Waals surface area contributed by atoms with E-state index in [2.05, 4.69) is 15.3 Å². The van der Waals surface area contributed by atoms with Crippen LogP contribution in [-0.2, 0) is 0 Å². The first-order chi connectivity index (χ1) is 7.86. The second-order valence-electron chi connectivity index (χ2n) is 3.30. The van der Waals surface area contributed by atoms with Crippen molar-refractivity contribution in [2.45, 2.75) is 9.92 Å². The van der Waals surface area contributed by atoms with Crippen LogP contribution >= 0.6 is 11.8 Å². The van der Waals surface area contributed by atoms with Gasteiger partial charge in [0.1, 0.15) is 10.8 Å². The maximum absolute atomic E-state index is 5.19. The number of ether oxygens (including phenoxy) is 1. The molecule has 1 aromatic carbocycles. The predicted octanol–water partition coefficient (Wildman–Crippen LogP) is 2.69. The zero-order chi connectivity index (χ0) is 11.0. The second-order valence-corrected chi connectivity index (χ2v) is 4.33. The molecule has 0 amide bonds. The van der Waals surface area contributed by atoms with Crippen LogP contribution in [0.4, 0.5) is 11.5 Å². The first-order valence-electron chi connectivity index (χ1n) is 4.81. The molecule has 0 radical (unpaired) electrons. The van der Waals surface area contributed by atoms with Crippen LogP contribution in [-0.4, -0.2) is 17.1 Å². The molecule has 1 aromatic heterocycles. The van der Waals surface area contributed by atoms with Crippen LogP contribution in [0.5, 0.6) is 5.75 Å². The first kappa shape index (κ1) is 9.47. The molecule has 1 aliphatic heterocycles. The molecule has 0 saturated heterocycles. The molecule has 0 aliphatic carbocycles. The average molecular weight is 231 g/mol. The van der Waals surface area contributed by atoms with Crippen LogP contribution < -0.4 is 10.1 Å². The number of benzene rings is 1. The largest absolute Gasteiger partial charge is 0.497 e. The van der Waals surface area contributed by atoms with Crippen LogP contribution in [0, 0.1) is 0 Å².